The average Bonchev–Trinajstić information content (AvgIpc) is 3.05. The summed E-state index contributed by atoms with van der Waals surface area (Å²) in [7, 11) is 6.94. The van der Waals surface area contributed by atoms with Gasteiger partial charge in [0, 0.05) is 60.9 Å². The van der Waals surface area contributed by atoms with Gasteiger partial charge in [-0.05, 0) is 13.0 Å². The SMILES string of the molecule is CN(C)C(=O)CN1CCN(CCCn2c(=O)c3c(ncn3C)n(C)c2=O)CC1. The van der Waals surface area contributed by atoms with E-state index in [2.05, 4.69) is 14.8 Å². The summed E-state index contributed by atoms with van der Waals surface area (Å²) in [6.45, 7) is 5.12. The van der Waals surface area contributed by atoms with Gasteiger partial charge in [-0.2, -0.15) is 0 Å². The van der Waals surface area contributed by atoms with Crippen molar-refractivity contribution in [3.05, 3.63) is 27.2 Å². The fourth-order valence-corrected chi connectivity index (χ4v) is 3.55. The molecule has 2 aromatic rings. The molecule has 0 saturated carbocycles. The van der Waals surface area contributed by atoms with Gasteiger partial charge in [-0.3, -0.25) is 23.6 Å². The first-order valence-electron chi connectivity index (χ1n) is 9.55. The third-order valence-corrected chi connectivity index (χ3v) is 5.38. The van der Waals surface area contributed by atoms with Crippen molar-refractivity contribution >= 4 is 17.1 Å². The minimum Gasteiger partial charge on any atom is -0.348 e. The van der Waals surface area contributed by atoms with Crippen molar-refractivity contribution in [3.8, 4) is 0 Å². The predicted molar refractivity (Wildman–Crippen MR) is 106 cm³/mol. The number of rotatable bonds is 6. The van der Waals surface area contributed by atoms with E-state index >= 15 is 0 Å². The van der Waals surface area contributed by atoms with E-state index in [0.717, 1.165) is 39.1 Å². The second-order valence-electron chi connectivity index (χ2n) is 7.59. The Morgan fingerprint density at radius 2 is 1.71 bits per heavy atom. The van der Waals surface area contributed by atoms with Crippen molar-refractivity contribution in [2.75, 3.05) is 53.4 Å². The molecule has 0 atom stereocenters. The van der Waals surface area contributed by atoms with Gasteiger partial charge in [0.05, 0.1) is 12.9 Å². The third kappa shape index (κ3) is 4.02. The highest BCUT2D eigenvalue weighted by Gasteiger charge is 2.20. The van der Waals surface area contributed by atoms with Crippen LogP contribution in [0.25, 0.3) is 11.2 Å². The number of fused-ring (bicyclic) bond motifs is 1. The number of likely N-dealkylation sites (N-methyl/N-ethyl adjacent to an activating group) is 1. The first-order chi connectivity index (χ1) is 13.3. The van der Waals surface area contributed by atoms with Crippen LogP contribution in [0.5, 0.6) is 0 Å². The van der Waals surface area contributed by atoms with Gasteiger partial charge in [0.25, 0.3) is 5.56 Å². The van der Waals surface area contributed by atoms with Crippen LogP contribution in [0.2, 0.25) is 0 Å². The summed E-state index contributed by atoms with van der Waals surface area (Å²) < 4.78 is 4.38. The average molecular weight is 391 g/mol. The molecule has 3 rings (SSSR count). The molecular formula is C18H29N7O3. The number of imidazole rings is 1. The fraction of sp³-hybridized carbons (Fsp3) is 0.667. The van der Waals surface area contributed by atoms with Crippen molar-refractivity contribution in [2.24, 2.45) is 14.1 Å². The molecule has 1 amide bonds. The standard InChI is InChI=1S/C18H29N7O3/c1-20(2)14(26)12-24-10-8-23(9-11-24)6-5-7-25-17(27)15-16(19-13-21(15)3)22(4)18(25)28/h13H,5-12H2,1-4H3. The second-order valence-corrected chi connectivity index (χ2v) is 7.59. The Balaban J connectivity index is 1.57. The number of hydrogen-bond acceptors (Lipinski definition) is 6. The maximum atomic E-state index is 12.7. The summed E-state index contributed by atoms with van der Waals surface area (Å²) in [4.78, 5) is 47.3. The Morgan fingerprint density at radius 3 is 2.36 bits per heavy atom. The number of carbonyl (C=O) groups is 1. The molecule has 0 spiro atoms. The van der Waals surface area contributed by atoms with Crippen LogP contribution in [0, 0.1) is 0 Å². The van der Waals surface area contributed by atoms with Crippen LogP contribution in [0.1, 0.15) is 6.42 Å². The van der Waals surface area contributed by atoms with Crippen molar-refractivity contribution in [3.63, 3.8) is 0 Å². The maximum absolute atomic E-state index is 12.7. The van der Waals surface area contributed by atoms with Gasteiger partial charge in [0.1, 0.15) is 0 Å². The molecule has 0 radical (unpaired) electrons. The zero-order chi connectivity index (χ0) is 20.4. The van der Waals surface area contributed by atoms with Crippen LogP contribution in [-0.4, -0.2) is 92.7 Å². The quantitative estimate of drug-likeness (QED) is 0.597. The first-order valence-corrected chi connectivity index (χ1v) is 9.55. The normalized spacial score (nSPS) is 16.0. The van der Waals surface area contributed by atoms with Gasteiger partial charge >= 0.3 is 5.69 Å². The van der Waals surface area contributed by atoms with Crippen molar-refractivity contribution in [1.29, 1.82) is 0 Å². The smallest absolute Gasteiger partial charge is 0.332 e. The summed E-state index contributed by atoms with van der Waals surface area (Å²) in [5.41, 5.74) is 0.242. The molecule has 3 heterocycles. The first kappa shape index (κ1) is 20.3. The fourth-order valence-electron chi connectivity index (χ4n) is 3.55. The van der Waals surface area contributed by atoms with E-state index in [1.165, 1.54) is 9.13 Å². The van der Waals surface area contributed by atoms with Crippen LogP contribution < -0.4 is 11.2 Å². The highest BCUT2D eigenvalue weighted by atomic mass is 16.2. The lowest BCUT2D eigenvalue weighted by atomic mass is 10.2. The minimum atomic E-state index is -0.330. The maximum Gasteiger partial charge on any atom is 0.332 e. The molecule has 0 N–H and O–H groups in total. The highest BCUT2D eigenvalue weighted by molar-refractivity contribution is 5.77. The lowest BCUT2D eigenvalue weighted by Gasteiger charge is -2.34. The van der Waals surface area contributed by atoms with Crippen LogP contribution in [0.4, 0.5) is 0 Å². The van der Waals surface area contributed by atoms with E-state index in [4.69, 9.17) is 0 Å². The number of hydrogen-bond donors (Lipinski definition) is 0. The molecule has 2 aromatic heterocycles. The largest absolute Gasteiger partial charge is 0.348 e. The molecule has 0 bridgehead atoms. The highest BCUT2D eigenvalue weighted by Crippen LogP contribution is 2.05. The molecule has 1 saturated heterocycles. The van der Waals surface area contributed by atoms with Crippen molar-refractivity contribution < 1.29 is 4.79 Å². The zero-order valence-corrected chi connectivity index (χ0v) is 17.1. The van der Waals surface area contributed by atoms with Crippen LogP contribution >= 0.6 is 0 Å². The second kappa shape index (κ2) is 8.27. The lowest BCUT2D eigenvalue weighted by molar-refractivity contribution is -0.130. The zero-order valence-electron chi connectivity index (χ0n) is 17.1. The van der Waals surface area contributed by atoms with E-state index in [9.17, 15) is 14.4 Å². The summed E-state index contributed by atoms with van der Waals surface area (Å²) in [6.07, 6.45) is 2.27. The van der Waals surface area contributed by atoms with Crippen LogP contribution in [-0.2, 0) is 25.4 Å². The van der Waals surface area contributed by atoms with E-state index in [1.54, 1.807) is 44.0 Å². The molecule has 1 aliphatic heterocycles. The summed E-state index contributed by atoms with van der Waals surface area (Å²) in [5, 5.41) is 0. The summed E-state index contributed by atoms with van der Waals surface area (Å²) in [6, 6.07) is 0. The molecule has 1 aliphatic rings. The van der Waals surface area contributed by atoms with Gasteiger partial charge in [0.2, 0.25) is 5.91 Å². The molecule has 10 nitrogen and oxygen atoms in total. The molecule has 0 aromatic carbocycles. The summed E-state index contributed by atoms with van der Waals surface area (Å²) >= 11 is 0. The Labute approximate surface area is 163 Å². The van der Waals surface area contributed by atoms with Gasteiger partial charge in [-0.1, -0.05) is 0 Å². The lowest BCUT2D eigenvalue weighted by Crippen LogP contribution is -2.49. The van der Waals surface area contributed by atoms with E-state index < -0.39 is 0 Å². The van der Waals surface area contributed by atoms with Gasteiger partial charge in [-0.25, -0.2) is 9.78 Å². The third-order valence-electron chi connectivity index (χ3n) is 5.38. The molecular weight excluding hydrogens is 362 g/mol. The number of carbonyl (C=O) groups excluding carboxylic acids is 1. The topological polar surface area (TPSA) is 88.6 Å². The molecule has 0 aliphatic carbocycles. The minimum absolute atomic E-state index is 0.120. The van der Waals surface area contributed by atoms with Crippen molar-refractivity contribution in [1.82, 2.24) is 33.4 Å². The molecule has 0 unspecified atom stereocenters. The Morgan fingerprint density at radius 1 is 1.07 bits per heavy atom. The Bertz CT molecular complexity index is 964. The van der Waals surface area contributed by atoms with Gasteiger partial charge < -0.3 is 14.4 Å². The molecule has 10 heteroatoms. The monoisotopic (exact) mass is 391 g/mol. The van der Waals surface area contributed by atoms with Gasteiger partial charge in [-0.15, -0.1) is 0 Å². The van der Waals surface area contributed by atoms with Crippen molar-refractivity contribution in [2.45, 2.75) is 13.0 Å². The Hall–Kier alpha value is -2.46. The molecule has 28 heavy (non-hydrogen) atoms. The molecule has 154 valence electrons. The van der Waals surface area contributed by atoms with Gasteiger partial charge in [0.15, 0.2) is 11.2 Å². The summed E-state index contributed by atoms with van der Waals surface area (Å²) in [5.74, 6) is 0.120. The Kier molecular flexibility index (Phi) is 5.99. The van der Waals surface area contributed by atoms with E-state index in [1.807, 2.05) is 0 Å². The van der Waals surface area contributed by atoms with Crippen LogP contribution in [0.3, 0.4) is 0 Å². The van der Waals surface area contributed by atoms with Crippen LogP contribution in [0.15, 0.2) is 15.9 Å². The number of aromatic nitrogens is 4. The van der Waals surface area contributed by atoms with E-state index in [0.29, 0.717) is 24.3 Å². The number of aryl methyl sites for hydroxylation is 2. The number of amides is 1. The number of piperazine rings is 1. The number of nitrogens with zero attached hydrogens (tertiary/aromatic N) is 7. The predicted octanol–water partition coefficient (Wildman–Crippen LogP) is -1.47. The molecule has 1 fully saturated rings. The van der Waals surface area contributed by atoms with E-state index in [-0.39, 0.29) is 17.2 Å².